The van der Waals surface area contributed by atoms with Crippen LogP contribution in [0.15, 0.2) is 48.5 Å². The maximum atomic E-state index is 13.2. The predicted octanol–water partition coefficient (Wildman–Crippen LogP) is 3.34. The summed E-state index contributed by atoms with van der Waals surface area (Å²) < 4.78 is 5.78. The zero-order valence-corrected chi connectivity index (χ0v) is 15.6. The molecule has 0 bridgehead atoms. The molecule has 5 nitrogen and oxygen atoms in total. The maximum Gasteiger partial charge on any atom is 0.227 e. The van der Waals surface area contributed by atoms with Crippen molar-refractivity contribution in [3.63, 3.8) is 0 Å². The zero-order valence-electron chi connectivity index (χ0n) is 15.6. The average Bonchev–Trinajstić information content (AvgIpc) is 2.90. The summed E-state index contributed by atoms with van der Waals surface area (Å²) in [5.41, 5.74) is 3.16. The lowest BCUT2D eigenvalue weighted by molar-refractivity contribution is -0.130. The fraction of sp³-hybridized carbons (Fsp3) is 0.364. The summed E-state index contributed by atoms with van der Waals surface area (Å²) in [5.74, 6) is 0.911. The van der Waals surface area contributed by atoms with Gasteiger partial charge in [-0.2, -0.15) is 0 Å². The van der Waals surface area contributed by atoms with Crippen molar-refractivity contribution < 1.29 is 14.3 Å². The third kappa shape index (κ3) is 3.54. The molecule has 0 aliphatic carbocycles. The highest BCUT2D eigenvalue weighted by molar-refractivity contribution is 5.95. The number of carbonyl (C=O) groups excluding carboxylic acids is 2. The fourth-order valence-corrected chi connectivity index (χ4v) is 4.03. The molecule has 4 rings (SSSR count). The summed E-state index contributed by atoms with van der Waals surface area (Å²) in [6.45, 7) is 4.07. The van der Waals surface area contributed by atoms with E-state index in [2.05, 4.69) is 12.1 Å². The highest BCUT2D eigenvalue weighted by Crippen LogP contribution is 2.34. The van der Waals surface area contributed by atoms with E-state index >= 15 is 0 Å². The summed E-state index contributed by atoms with van der Waals surface area (Å²) in [5, 5.41) is 0. The van der Waals surface area contributed by atoms with Crippen molar-refractivity contribution in [2.75, 3.05) is 24.6 Å². The number of benzene rings is 2. The molecule has 0 aromatic heterocycles. The standard InChI is InChI=1S/C22H24N2O3/c1-16(25)23-14-17-7-2-3-8-19(17)18(15-23)13-22(26)24-11-6-12-27-21-10-5-4-9-20(21)24/h2-5,7-10,18H,6,11-15H2,1H3. The van der Waals surface area contributed by atoms with Crippen LogP contribution in [0.3, 0.4) is 0 Å². The Morgan fingerprint density at radius 1 is 1.11 bits per heavy atom. The van der Waals surface area contributed by atoms with Crippen molar-refractivity contribution in [3.8, 4) is 5.75 Å². The SMILES string of the molecule is CC(=O)N1Cc2ccccc2C(CC(=O)N2CCCOc3ccccc32)C1. The molecule has 1 unspecified atom stereocenters. The number of amides is 2. The second-order valence-electron chi connectivity index (χ2n) is 7.21. The van der Waals surface area contributed by atoms with Crippen LogP contribution in [0, 0.1) is 0 Å². The number of carbonyl (C=O) groups is 2. The van der Waals surface area contributed by atoms with Crippen molar-refractivity contribution >= 4 is 17.5 Å². The summed E-state index contributed by atoms with van der Waals surface area (Å²) >= 11 is 0. The molecule has 2 aromatic rings. The van der Waals surface area contributed by atoms with E-state index in [1.54, 1.807) is 6.92 Å². The van der Waals surface area contributed by atoms with Crippen LogP contribution < -0.4 is 9.64 Å². The molecule has 2 aliphatic rings. The second-order valence-corrected chi connectivity index (χ2v) is 7.21. The molecule has 2 aromatic carbocycles. The van der Waals surface area contributed by atoms with Crippen molar-refractivity contribution in [1.29, 1.82) is 0 Å². The zero-order chi connectivity index (χ0) is 18.8. The predicted molar refractivity (Wildman–Crippen MR) is 104 cm³/mol. The van der Waals surface area contributed by atoms with E-state index in [4.69, 9.17) is 4.74 Å². The van der Waals surface area contributed by atoms with Crippen LogP contribution in [-0.4, -0.2) is 36.4 Å². The molecular formula is C22H24N2O3. The molecule has 0 saturated heterocycles. The third-order valence-corrected chi connectivity index (χ3v) is 5.40. The van der Waals surface area contributed by atoms with Crippen molar-refractivity contribution in [3.05, 3.63) is 59.7 Å². The Morgan fingerprint density at radius 2 is 1.89 bits per heavy atom. The van der Waals surface area contributed by atoms with Gasteiger partial charge in [0.15, 0.2) is 0 Å². The summed E-state index contributed by atoms with van der Waals surface area (Å²) in [6.07, 6.45) is 1.19. The van der Waals surface area contributed by atoms with Gasteiger partial charge in [0.05, 0.1) is 12.3 Å². The van der Waals surface area contributed by atoms with Gasteiger partial charge in [-0.05, 0) is 29.7 Å². The van der Waals surface area contributed by atoms with Crippen molar-refractivity contribution in [2.45, 2.75) is 32.2 Å². The Morgan fingerprint density at radius 3 is 2.74 bits per heavy atom. The molecule has 0 radical (unpaired) electrons. The van der Waals surface area contributed by atoms with E-state index in [-0.39, 0.29) is 17.7 Å². The minimum absolute atomic E-state index is 0.0164. The molecular weight excluding hydrogens is 340 g/mol. The first-order valence-electron chi connectivity index (χ1n) is 9.49. The molecule has 2 aliphatic heterocycles. The van der Waals surface area contributed by atoms with E-state index in [1.807, 2.05) is 46.2 Å². The summed E-state index contributed by atoms with van der Waals surface area (Å²) in [4.78, 5) is 28.9. The quantitative estimate of drug-likeness (QED) is 0.821. The Kier molecular flexibility index (Phi) is 4.84. The Bertz CT molecular complexity index is 864. The second kappa shape index (κ2) is 7.43. The molecule has 27 heavy (non-hydrogen) atoms. The van der Waals surface area contributed by atoms with Gasteiger partial charge in [-0.15, -0.1) is 0 Å². The highest BCUT2D eigenvalue weighted by Gasteiger charge is 2.31. The number of fused-ring (bicyclic) bond motifs is 2. The molecule has 5 heteroatoms. The Labute approximate surface area is 159 Å². The van der Waals surface area contributed by atoms with Crippen LogP contribution in [0.1, 0.15) is 36.8 Å². The summed E-state index contributed by atoms with van der Waals surface area (Å²) in [7, 11) is 0. The van der Waals surface area contributed by atoms with Gasteiger partial charge < -0.3 is 14.5 Å². The van der Waals surface area contributed by atoms with Gasteiger partial charge in [-0.25, -0.2) is 0 Å². The summed E-state index contributed by atoms with van der Waals surface area (Å²) in [6, 6.07) is 15.8. The number of rotatable bonds is 2. The Hall–Kier alpha value is -2.82. The fourth-order valence-electron chi connectivity index (χ4n) is 4.03. The van der Waals surface area contributed by atoms with Gasteiger partial charge in [-0.3, -0.25) is 9.59 Å². The smallest absolute Gasteiger partial charge is 0.227 e. The van der Waals surface area contributed by atoms with Crippen LogP contribution in [0.4, 0.5) is 5.69 Å². The molecule has 0 saturated carbocycles. The molecule has 2 amide bonds. The van der Waals surface area contributed by atoms with E-state index in [1.165, 1.54) is 5.56 Å². The molecule has 0 N–H and O–H groups in total. The van der Waals surface area contributed by atoms with Crippen LogP contribution in [0.25, 0.3) is 0 Å². The Balaban J connectivity index is 1.60. The van der Waals surface area contributed by atoms with Gasteiger partial charge in [0, 0.05) is 38.9 Å². The monoisotopic (exact) mass is 364 g/mol. The number of hydrogen-bond acceptors (Lipinski definition) is 3. The third-order valence-electron chi connectivity index (χ3n) is 5.40. The maximum absolute atomic E-state index is 13.2. The normalized spacial score (nSPS) is 18.8. The van der Waals surface area contributed by atoms with E-state index in [0.717, 1.165) is 23.4 Å². The van der Waals surface area contributed by atoms with E-state index in [9.17, 15) is 9.59 Å². The van der Waals surface area contributed by atoms with Crippen molar-refractivity contribution in [1.82, 2.24) is 4.90 Å². The number of nitrogens with zero attached hydrogens (tertiary/aromatic N) is 2. The molecule has 140 valence electrons. The first-order chi connectivity index (χ1) is 13.1. The van der Waals surface area contributed by atoms with Gasteiger partial charge in [0.2, 0.25) is 11.8 Å². The van der Waals surface area contributed by atoms with Gasteiger partial charge in [-0.1, -0.05) is 36.4 Å². The number of anilines is 1. The average molecular weight is 364 g/mol. The van der Waals surface area contributed by atoms with Crippen LogP contribution >= 0.6 is 0 Å². The van der Waals surface area contributed by atoms with E-state index in [0.29, 0.717) is 32.7 Å². The minimum atomic E-state index is 0.0164. The largest absolute Gasteiger partial charge is 0.491 e. The lowest BCUT2D eigenvalue weighted by Gasteiger charge is -2.35. The number of hydrogen-bond donors (Lipinski definition) is 0. The lowest BCUT2D eigenvalue weighted by atomic mass is 9.87. The first-order valence-corrected chi connectivity index (χ1v) is 9.49. The van der Waals surface area contributed by atoms with Crippen LogP contribution in [0.5, 0.6) is 5.75 Å². The van der Waals surface area contributed by atoms with Crippen molar-refractivity contribution in [2.24, 2.45) is 0 Å². The number of para-hydroxylation sites is 2. The molecule has 2 heterocycles. The van der Waals surface area contributed by atoms with Gasteiger partial charge in [0.25, 0.3) is 0 Å². The lowest BCUT2D eigenvalue weighted by Crippen LogP contribution is -2.40. The minimum Gasteiger partial charge on any atom is -0.491 e. The van der Waals surface area contributed by atoms with Gasteiger partial charge >= 0.3 is 0 Å². The number of ether oxygens (including phenoxy) is 1. The van der Waals surface area contributed by atoms with Crippen LogP contribution in [-0.2, 0) is 16.1 Å². The van der Waals surface area contributed by atoms with Crippen LogP contribution in [0.2, 0.25) is 0 Å². The highest BCUT2D eigenvalue weighted by atomic mass is 16.5. The topological polar surface area (TPSA) is 49.9 Å². The molecule has 1 atom stereocenters. The first kappa shape index (κ1) is 17.6. The van der Waals surface area contributed by atoms with E-state index < -0.39 is 0 Å². The molecule has 0 spiro atoms. The molecule has 0 fully saturated rings. The van der Waals surface area contributed by atoms with Gasteiger partial charge in [0.1, 0.15) is 5.75 Å².